The van der Waals surface area contributed by atoms with E-state index in [-0.39, 0.29) is 11.8 Å². The van der Waals surface area contributed by atoms with E-state index in [0.29, 0.717) is 40.8 Å². The van der Waals surface area contributed by atoms with E-state index in [0.717, 1.165) is 24.8 Å². The predicted molar refractivity (Wildman–Crippen MR) is 133 cm³/mol. The molecule has 0 saturated heterocycles. The maximum absolute atomic E-state index is 10.7. The Morgan fingerprint density at radius 3 is 2.40 bits per heavy atom. The van der Waals surface area contributed by atoms with Gasteiger partial charge in [0.15, 0.2) is 17.3 Å². The zero-order chi connectivity index (χ0) is 24.9. The lowest BCUT2D eigenvalue weighted by atomic mass is 9.94. The number of benzene rings is 2. The highest BCUT2D eigenvalue weighted by atomic mass is 16.5. The van der Waals surface area contributed by atoms with Crippen molar-refractivity contribution in [2.24, 2.45) is 0 Å². The third-order valence-corrected chi connectivity index (χ3v) is 6.26. The molecule has 1 unspecified atom stereocenters. The Kier molecular flexibility index (Phi) is 7.51. The van der Waals surface area contributed by atoms with Crippen LogP contribution in [0, 0.1) is 6.92 Å². The summed E-state index contributed by atoms with van der Waals surface area (Å²) in [5.74, 6) is 1.96. The molecule has 2 heterocycles. The highest BCUT2D eigenvalue weighted by Crippen LogP contribution is 2.31. The molecule has 8 nitrogen and oxygen atoms in total. The second-order valence-electron chi connectivity index (χ2n) is 8.76. The van der Waals surface area contributed by atoms with Crippen molar-refractivity contribution in [2.45, 2.75) is 51.6 Å². The molecule has 4 rings (SSSR count). The number of aromatic nitrogens is 4. The Balaban J connectivity index is 1.64. The minimum absolute atomic E-state index is 0.125. The maximum atomic E-state index is 10.7. The molecule has 0 aliphatic heterocycles. The van der Waals surface area contributed by atoms with E-state index in [4.69, 9.17) is 19.6 Å². The molecule has 0 aliphatic rings. The standard InChI is InChI=1S/C27H32N4O4/c1-17-25-27(33)29-24(16-20-13-14-22(34-3)23(15-20)35-4)30-31(25)26(28-17)21(18(2)32)12-8-11-19-9-6-5-7-10-19/h5-7,9-10,13-15,18,21,32H,8,11-12,16H2,1-4H3,(H,29,30,33)/t18-,21?/m1/s1. The molecule has 0 amide bonds. The first-order valence-electron chi connectivity index (χ1n) is 11.8. The van der Waals surface area contributed by atoms with Gasteiger partial charge in [0.05, 0.1) is 26.0 Å². The van der Waals surface area contributed by atoms with Gasteiger partial charge >= 0.3 is 0 Å². The lowest BCUT2D eigenvalue weighted by Gasteiger charge is -2.19. The lowest BCUT2D eigenvalue weighted by Crippen LogP contribution is -2.19. The van der Waals surface area contributed by atoms with Crippen LogP contribution in [0.4, 0.5) is 0 Å². The SMILES string of the molecule is COc1ccc(Cc2nc(O)c3c(C)nc(C(CCCc4ccccc4)[C@@H](C)O)n3n2)cc1OC. The largest absolute Gasteiger partial charge is 0.493 e. The third kappa shape index (κ3) is 5.38. The number of hydrogen-bond acceptors (Lipinski definition) is 7. The number of imidazole rings is 1. The smallest absolute Gasteiger partial charge is 0.241 e. The van der Waals surface area contributed by atoms with Crippen LogP contribution in [0.1, 0.15) is 54.2 Å². The first kappa shape index (κ1) is 24.5. The minimum atomic E-state index is -0.623. The van der Waals surface area contributed by atoms with Crippen molar-refractivity contribution in [3.05, 3.63) is 77.0 Å². The quantitative estimate of drug-likeness (QED) is 0.353. The van der Waals surface area contributed by atoms with Gasteiger partial charge in [-0.3, -0.25) is 0 Å². The number of nitrogens with zero attached hydrogens (tertiary/aromatic N) is 4. The molecule has 2 N–H and O–H groups in total. The van der Waals surface area contributed by atoms with Gasteiger partial charge in [0.1, 0.15) is 11.3 Å². The summed E-state index contributed by atoms with van der Waals surface area (Å²) in [5, 5.41) is 26.1. The van der Waals surface area contributed by atoms with Gasteiger partial charge in [-0.25, -0.2) is 9.50 Å². The summed E-state index contributed by atoms with van der Waals surface area (Å²) >= 11 is 0. The Morgan fingerprint density at radius 1 is 0.971 bits per heavy atom. The molecule has 0 radical (unpaired) electrons. The summed E-state index contributed by atoms with van der Waals surface area (Å²) in [6.45, 7) is 3.59. The van der Waals surface area contributed by atoms with Crippen molar-refractivity contribution in [1.29, 1.82) is 0 Å². The first-order chi connectivity index (χ1) is 16.9. The Hall–Kier alpha value is -3.65. The summed E-state index contributed by atoms with van der Waals surface area (Å²) in [5.41, 5.74) is 3.27. The zero-order valence-corrected chi connectivity index (χ0v) is 20.6. The molecular weight excluding hydrogens is 444 g/mol. The van der Waals surface area contributed by atoms with Crippen molar-refractivity contribution in [1.82, 2.24) is 19.6 Å². The Morgan fingerprint density at radius 2 is 1.71 bits per heavy atom. The van der Waals surface area contributed by atoms with E-state index in [2.05, 4.69) is 17.1 Å². The number of ether oxygens (including phenoxy) is 2. The molecule has 4 aromatic rings. The molecule has 0 fully saturated rings. The molecular formula is C27H32N4O4. The monoisotopic (exact) mass is 476 g/mol. The Labute approximate surface area is 205 Å². The normalized spacial score (nSPS) is 13.1. The molecule has 184 valence electrons. The van der Waals surface area contributed by atoms with Gasteiger partial charge in [-0.05, 0) is 56.4 Å². The second kappa shape index (κ2) is 10.7. The topological polar surface area (TPSA) is 102 Å². The minimum Gasteiger partial charge on any atom is -0.493 e. The van der Waals surface area contributed by atoms with Crippen LogP contribution >= 0.6 is 0 Å². The van der Waals surface area contributed by atoms with Crippen molar-refractivity contribution in [3.63, 3.8) is 0 Å². The van der Waals surface area contributed by atoms with Gasteiger partial charge in [-0.2, -0.15) is 10.1 Å². The fourth-order valence-electron chi connectivity index (χ4n) is 4.46. The first-order valence-corrected chi connectivity index (χ1v) is 11.8. The molecule has 0 bridgehead atoms. The number of methoxy groups -OCH3 is 2. The van der Waals surface area contributed by atoms with E-state index in [1.54, 1.807) is 25.7 Å². The van der Waals surface area contributed by atoms with Gasteiger partial charge in [0, 0.05) is 12.3 Å². The third-order valence-electron chi connectivity index (χ3n) is 6.26. The van der Waals surface area contributed by atoms with Crippen molar-refractivity contribution in [3.8, 4) is 17.4 Å². The summed E-state index contributed by atoms with van der Waals surface area (Å²) < 4.78 is 12.4. The number of aromatic hydroxyl groups is 1. The van der Waals surface area contributed by atoms with E-state index < -0.39 is 6.10 Å². The van der Waals surface area contributed by atoms with Gasteiger partial charge in [-0.15, -0.1) is 0 Å². The average Bonchev–Trinajstić information content (AvgIpc) is 3.18. The number of aryl methyl sites for hydroxylation is 2. The van der Waals surface area contributed by atoms with Crippen LogP contribution < -0.4 is 9.47 Å². The molecule has 2 aromatic carbocycles. The van der Waals surface area contributed by atoms with Gasteiger partial charge in [0.2, 0.25) is 5.88 Å². The molecule has 35 heavy (non-hydrogen) atoms. The summed E-state index contributed by atoms with van der Waals surface area (Å²) in [6.07, 6.45) is 2.30. The van der Waals surface area contributed by atoms with Crippen LogP contribution in [-0.2, 0) is 12.8 Å². The van der Waals surface area contributed by atoms with Crippen molar-refractivity contribution in [2.75, 3.05) is 14.2 Å². The van der Waals surface area contributed by atoms with E-state index in [9.17, 15) is 10.2 Å². The maximum Gasteiger partial charge on any atom is 0.241 e. The van der Waals surface area contributed by atoms with Crippen LogP contribution in [-0.4, -0.2) is 50.1 Å². The predicted octanol–water partition coefficient (Wildman–Crippen LogP) is 4.23. The number of rotatable bonds is 10. The number of aliphatic hydroxyl groups excluding tert-OH is 1. The van der Waals surface area contributed by atoms with E-state index in [1.807, 2.05) is 43.3 Å². The Bertz CT molecular complexity index is 1290. The van der Waals surface area contributed by atoms with Crippen LogP contribution in [0.5, 0.6) is 17.4 Å². The molecule has 8 heteroatoms. The van der Waals surface area contributed by atoms with Crippen LogP contribution in [0.2, 0.25) is 0 Å². The van der Waals surface area contributed by atoms with Gasteiger partial charge in [0.25, 0.3) is 0 Å². The molecule has 0 spiro atoms. The summed E-state index contributed by atoms with van der Waals surface area (Å²) in [7, 11) is 3.18. The summed E-state index contributed by atoms with van der Waals surface area (Å²) in [6, 6.07) is 15.9. The fourth-order valence-corrected chi connectivity index (χ4v) is 4.46. The van der Waals surface area contributed by atoms with Gasteiger partial charge in [-0.1, -0.05) is 36.4 Å². The highest BCUT2D eigenvalue weighted by Gasteiger charge is 2.26. The van der Waals surface area contributed by atoms with E-state index in [1.165, 1.54) is 5.56 Å². The van der Waals surface area contributed by atoms with Crippen LogP contribution in [0.25, 0.3) is 5.52 Å². The van der Waals surface area contributed by atoms with Crippen molar-refractivity contribution >= 4 is 5.52 Å². The number of hydrogen-bond donors (Lipinski definition) is 2. The average molecular weight is 477 g/mol. The molecule has 0 saturated carbocycles. The molecule has 0 aliphatic carbocycles. The number of aliphatic hydroxyl groups is 1. The second-order valence-corrected chi connectivity index (χ2v) is 8.76. The number of fused-ring (bicyclic) bond motifs is 1. The van der Waals surface area contributed by atoms with Crippen LogP contribution in [0.3, 0.4) is 0 Å². The molecule has 2 atom stereocenters. The highest BCUT2D eigenvalue weighted by molar-refractivity contribution is 5.60. The summed E-state index contributed by atoms with van der Waals surface area (Å²) in [4.78, 5) is 9.02. The van der Waals surface area contributed by atoms with E-state index >= 15 is 0 Å². The van der Waals surface area contributed by atoms with Crippen molar-refractivity contribution < 1.29 is 19.7 Å². The lowest BCUT2D eigenvalue weighted by molar-refractivity contribution is 0.151. The fraction of sp³-hybridized carbons (Fsp3) is 0.370. The molecule has 2 aromatic heterocycles. The van der Waals surface area contributed by atoms with Gasteiger partial charge < -0.3 is 19.7 Å². The zero-order valence-electron chi connectivity index (χ0n) is 20.6. The van der Waals surface area contributed by atoms with Crippen LogP contribution in [0.15, 0.2) is 48.5 Å².